The molecule has 0 radical (unpaired) electrons. The number of rotatable bonds is 10. The molecule has 4 nitrogen and oxygen atoms in total. The Labute approximate surface area is 139 Å². The standard InChI is InChI=1S/C19H28O4/c1-4-7-14-18(20)22-16-12-8-9-13-17(16)23-19(21)15(10-5-2)11-6-3/h8-9,12-13,15H,4-7,10-11,14H2,1-3H3. The number of unbranched alkanes of at least 4 members (excludes halogenated alkanes) is 1. The summed E-state index contributed by atoms with van der Waals surface area (Å²) in [5.41, 5.74) is 0. The molecule has 1 rings (SSSR count). The fraction of sp³-hybridized carbons (Fsp3) is 0.579. The fourth-order valence-corrected chi connectivity index (χ4v) is 2.38. The van der Waals surface area contributed by atoms with Crippen molar-refractivity contribution in [1.29, 1.82) is 0 Å². The van der Waals surface area contributed by atoms with E-state index in [1.807, 2.05) is 6.92 Å². The van der Waals surface area contributed by atoms with Crippen LogP contribution in [0.25, 0.3) is 0 Å². The lowest BCUT2D eigenvalue weighted by Crippen LogP contribution is -2.21. The van der Waals surface area contributed by atoms with E-state index in [-0.39, 0.29) is 17.9 Å². The van der Waals surface area contributed by atoms with Crippen LogP contribution in [0.4, 0.5) is 0 Å². The van der Waals surface area contributed by atoms with Gasteiger partial charge >= 0.3 is 11.9 Å². The number of carbonyl (C=O) groups excluding carboxylic acids is 2. The molecule has 1 aromatic carbocycles. The molecule has 0 spiro atoms. The highest BCUT2D eigenvalue weighted by molar-refractivity contribution is 5.77. The third kappa shape index (κ3) is 6.85. The summed E-state index contributed by atoms with van der Waals surface area (Å²) in [5, 5.41) is 0. The first-order valence-corrected chi connectivity index (χ1v) is 8.63. The molecular formula is C19H28O4. The smallest absolute Gasteiger partial charge is 0.314 e. The van der Waals surface area contributed by atoms with E-state index in [9.17, 15) is 9.59 Å². The number of carbonyl (C=O) groups is 2. The maximum Gasteiger partial charge on any atom is 0.314 e. The minimum absolute atomic E-state index is 0.103. The van der Waals surface area contributed by atoms with E-state index in [2.05, 4.69) is 13.8 Å². The maximum absolute atomic E-state index is 12.3. The van der Waals surface area contributed by atoms with Gasteiger partial charge in [-0.15, -0.1) is 0 Å². The highest BCUT2D eigenvalue weighted by Crippen LogP contribution is 2.29. The summed E-state index contributed by atoms with van der Waals surface area (Å²) >= 11 is 0. The summed E-state index contributed by atoms with van der Waals surface area (Å²) in [6.07, 6.45) is 5.58. The molecule has 0 saturated heterocycles. The topological polar surface area (TPSA) is 52.6 Å². The highest BCUT2D eigenvalue weighted by atomic mass is 16.6. The van der Waals surface area contributed by atoms with E-state index in [1.165, 1.54) is 0 Å². The molecule has 0 bridgehead atoms. The van der Waals surface area contributed by atoms with Gasteiger partial charge in [-0.1, -0.05) is 52.2 Å². The third-order valence-corrected chi connectivity index (χ3v) is 3.63. The molecule has 0 N–H and O–H groups in total. The Balaban J connectivity index is 2.75. The van der Waals surface area contributed by atoms with Crippen molar-refractivity contribution >= 4 is 11.9 Å². The number of benzene rings is 1. The van der Waals surface area contributed by atoms with Crippen LogP contribution >= 0.6 is 0 Å². The van der Waals surface area contributed by atoms with E-state index in [1.54, 1.807) is 24.3 Å². The van der Waals surface area contributed by atoms with Gasteiger partial charge in [0.1, 0.15) is 0 Å². The quantitative estimate of drug-likeness (QED) is 0.454. The lowest BCUT2D eigenvalue weighted by atomic mass is 9.99. The molecule has 0 fully saturated rings. The molecule has 0 aliphatic carbocycles. The molecule has 0 amide bonds. The first kappa shape index (κ1) is 19.2. The van der Waals surface area contributed by atoms with Crippen LogP contribution in [-0.4, -0.2) is 11.9 Å². The Morgan fingerprint density at radius 2 is 1.48 bits per heavy atom. The summed E-state index contributed by atoms with van der Waals surface area (Å²) in [6, 6.07) is 6.84. The molecule has 0 aliphatic rings. The van der Waals surface area contributed by atoms with Crippen molar-refractivity contribution in [2.75, 3.05) is 0 Å². The maximum atomic E-state index is 12.3. The molecule has 0 heterocycles. The summed E-state index contributed by atoms with van der Waals surface area (Å²) < 4.78 is 10.8. The second-order valence-electron chi connectivity index (χ2n) is 5.72. The molecule has 128 valence electrons. The molecule has 0 aliphatic heterocycles. The van der Waals surface area contributed by atoms with Crippen molar-refractivity contribution in [3.05, 3.63) is 24.3 Å². The van der Waals surface area contributed by atoms with Crippen molar-refractivity contribution in [2.45, 2.75) is 65.7 Å². The van der Waals surface area contributed by atoms with Crippen LogP contribution in [0.5, 0.6) is 11.5 Å². The number of hydrogen-bond acceptors (Lipinski definition) is 4. The largest absolute Gasteiger partial charge is 0.423 e. The lowest BCUT2D eigenvalue weighted by molar-refractivity contribution is -0.140. The van der Waals surface area contributed by atoms with Gasteiger partial charge in [0.05, 0.1) is 5.92 Å². The molecule has 0 saturated carbocycles. The Bertz CT molecular complexity index is 490. The Kier molecular flexibility index (Phi) is 9.03. The highest BCUT2D eigenvalue weighted by Gasteiger charge is 2.21. The Morgan fingerprint density at radius 3 is 2.00 bits per heavy atom. The summed E-state index contributed by atoms with van der Waals surface area (Å²) in [6.45, 7) is 6.13. The van der Waals surface area contributed by atoms with E-state index >= 15 is 0 Å². The minimum atomic E-state index is -0.297. The van der Waals surface area contributed by atoms with Crippen LogP contribution in [0, 0.1) is 5.92 Å². The van der Waals surface area contributed by atoms with Gasteiger partial charge in [0.2, 0.25) is 0 Å². The minimum Gasteiger partial charge on any atom is -0.423 e. The summed E-state index contributed by atoms with van der Waals surface area (Å²) in [7, 11) is 0. The summed E-state index contributed by atoms with van der Waals surface area (Å²) in [5.74, 6) is -0.0122. The van der Waals surface area contributed by atoms with Crippen LogP contribution < -0.4 is 9.47 Å². The van der Waals surface area contributed by atoms with E-state index in [0.29, 0.717) is 17.9 Å². The fourth-order valence-electron chi connectivity index (χ4n) is 2.38. The van der Waals surface area contributed by atoms with Crippen LogP contribution in [0.1, 0.15) is 65.7 Å². The van der Waals surface area contributed by atoms with Gasteiger partial charge in [0, 0.05) is 6.42 Å². The second-order valence-corrected chi connectivity index (χ2v) is 5.72. The predicted molar refractivity (Wildman–Crippen MR) is 90.5 cm³/mol. The summed E-state index contributed by atoms with van der Waals surface area (Å²) in [4.78, 5) is 24.1. The van der Waals surface area contributed by atoms with Crippen molar-refractivity contribution in [3.8, 4) is 11.5 Å². The Hall–Kier alpha value is -1.84. The van der Waals surface area contributed by atoms with Gasteiger partial charge in [0.15, 0.2) is 11.5 Å². The zero-order valence-electron chi connectivity index (χ0n) is 14.5. The Morgan fingerprint density at radius 1 is 0.913 bits per heavy atom. The van der Waals surface area contributed by atoms with Crippen molar-refractivity contribution in [2.24, 2.45) is 5.92 Å². The number of ether oxygens (including phenoxy) is 2. The van der Waals surface area contributed by atoms with Gasteiger partial charge in [-0.2, -0.15) is 0 Å². The lowest BCUT2D eigenvalue weighted by Gasteiger charge is -2.15. The van der Waals surface area contributed by atoms with E-state index in [4.69, 9.17) is 9.47 Å². The third-order valence-electron chi connectivity index (χ3n) is 3.63. The number of hydrogen-bond donors (Lipinski definition) is 0. The zero-order chi connectivity index (χ0) is 17.1. The molecule has 4 heteroatoms. The van der Waals surface area contributed by atoms with Gasteiger partial charge in [-0.05, 0) is 31.4 Å². The first-order valence-electron chi connectivity index (χ1n) is 8.63. The molecule has 0 aromatic heterocycles. The SMILES string of the molecule is CCCCC(=O)Oc1ccccc1OC(=O)C(CCC)CCC. The van der Waals surface area contributed by atoms with Crippen molar-refractivity contribution < 1.29 is 19.1 Å². The van der Waals surface area contributed by atoms with Crippen molar-refractivity contribution in [1.82, 2.24) is 0 Å². The average molecular weight is 320 g/mol. The molecule has 23 heavy (non-hydrogen) atoms. The monoisotopic (exact) mass is 320 g/mol. The first-order chi connectivity index (χ1) is 11.1. The van der Waals surface area contributed by atoms with E-state index < -0.39 is 0 Å². The van der Waals surface area contributed by atoms with Crippen LogP contribution in [-0.2, 0) is 9.59 Å². The second kappa shape index (κ2) is 10.8. The van der Waals surface area contributed by atoms with Gasteiger partial charge < -0.3 is 9.47 Å². The van der Waals surface area contributed by atoms with Gasteiger partial charge in [-0.25, -0.2) is 0 Å². The van der Waals surface area contributed by atoms with Gasteiger partial charge in [0.25, 0.3) is 0 Å². The number of esters is 2. The van der Waals surface area contributed by atoms with Crippen LogP contribution in [0.2, 0.25) is 0 Å². The van der Waals surface area contributed by atoms with Crippen LogP contribution in [0.15, 0.2) is 24.3 Å². The molecule has 0 atom stereocenters. The average Bonchev–Trinajstić information content (AvgIpc) is 2.54. The molecule has 0 unspecified atom stereocenters. The predicted octanol–water partition coefficient (Wildman–Crippen LogP) is 4.90. The number of para-hydroxylation sites is 2. The van der Waals surface area contributed by atoms with E-state index in [0.717, 1.165) is 38.5 Å². The molecular weight excluding hydrogens is 292 g/mol. The van der Waals surface area contributed by atoms with Gasteiger partial charge in [-0.3, -0.25) is 9.59 Å². The normalized spacial score (nSPS) is 10.6. The molecule has 1 aromatic rings. The zero-order valence-corrected chi connectivity index (χ0v) is 14.5. The van der Waals surface area contributed by atoms with Crippen molar-refractivity contribution in [3.63, 3.8) is 0 Å². The van der Waals surface area contributed by atoms with Crippen LogP contribution in [0.3, 0.4) is 0 Å².